The molecule has 1 N–H and O–H groups in total. The van der Waals surface area contributed by atoms with Crippen LogP contribution in [0.4, 0.5) is 0 Å². The Hall–Kier alpha value is -2.37. The van der Waals surface area contributed by atoms with E-state index in [1.165, 1.54) is 51.4 Å². The normalized spacial score (nSPS) is 20.2. The summed E-state index contributed by atoms with van der Waals surface area (Å²) in [6, 6.07) is 9.35. The summed E-state index contributed by atoms with van der Waals surface area (Å²) in [5.41, 5.74) is 1.04. The minimum atomic E-state index is -0.557. The minimum Gasteiger partial charge on any atom is -0.344 e. The molecule has 1 aromatic rings. The molecule has 0 bridgehead atoms. The summed E-state index contributed by atoms with van der Waals surface area (Å²) in [5.74, 6) is 1.55. The van der Waals surface area contributed by atoms with Crippen LogP contribution in [0, 0.1) is 11.8 Å². The van der Waals surface area contributed by atoms with Crippen LogP contribution >= 0.6 is 0 Å². The first-order valence-electron chi connectivity index (χ1n) is 14.0. The summed E-state index contributed by atoms with van der Waals surface area (Å²) in [6.07, 6.45) is 13.7. The summed E-state index contributed by atoms with van der Waals surface area (Å²) < 4.78 is 0. The zero-order valence-corrected chi connectivity index (χ0v) is 21.3. The smallest absolute Gasteiger partial charge is 0.245 e. The molecular formula is C29H43N3O3. The first-order valence-corrected chi connectivity index (χ1v) is 14.0. The minimum absolute atomic E-state index is 0.0214. The highest BCUT2D eigenvalue weighted by molar-refractivity contribution is 5.88. The molecule has 6 heteroatoms. The molecule has 3 amide bonds. The van der Waals surface area contributed by atoms with Crippen LogP contribution in [0.1, 0.15) is 82.6 Å². The molecule has 1 aromatic carbocycles. The molecular weight excluding hydrogens is 438 g/mol. The van der Waals surface area contributed by atoms with E-state index >= 15 is 0 Å². The molecule has 3 fully saturated rings. The molecule has 0 aromatic heterocycles. The van der Waals surface area contributed by atoms with Crippen molar-refractivity contribution in [2.24, 2.45) is 11.8 Å². The second kappa shape index (κ2) is 13.1. The molecule has 1 unspecified atom stereocenters. The van der Waals surface area contributed by atoms with E-state index in [4.69, 9.17) is 0 Å². The van der Waals surface area contributed by atoms with E-state index in [0.29, 0.717) is 51.4 Å². The second-order valence-electron chi connectivity index (χ2n) is 10.9. The molecule has 35 heavy (non-hydrogen) atoms. The Labute approximate surface area is 210 Å². The van der Waals surface area contributed by atoms with Crippen molar-refractivity contribution in [1.29, 1.82) is 0 Å². The van der Waals surface area contributed by atoms with Crippen molar-refractivity contribution in [3.63, 3.8) is 0 Å². The molecule has 2 saturated carbocycles. The van der Waals surface area contributed by atoms with Gasteiger partial charge >= 0.3 is 0 Å². The topological polar surface area (TPSA) is 69.7 Å². The van der Waals surface area contributed by atoms with Crippen LogP contribution in [0.15, 0.2) is 30.3 Å². The summed E-state index contributed by atoms with van der Waals surface area (Å²) >= 11 is 0. The highest BCUT2D eigenvalue weighted by Crippen LogP contribution is 2.29. The Kier molecular flexibility index (Phi) is 9.61. The highest BCUT2D eigenvalue weighted by Gasteiger charge is 2.30. The van der Waals surface area contributed by atoms with Gasteiger partial charge in [-0.2, -0.15) is 0 Å². The zero-order chi connectivity index (χ0) is 24.5. The second-order valence-corrected chi connectivity index (χ2v) is 10.9. The average molecular weight is 482 g/mol. The fourth-order valence-electron chi connectivity index (χ4n) is 6.13. The fourth-order valence-corrected chi connectivity index (χ4v) is 6.13. The van der Waals surface area contributed by atoms with E-state index in [0.717, 1.165) is 24.3 Å². The fraction of sp³-hybridized carbons (Fsp3) is 0.690. The largest absolute Gasteiger partial charge is 0.344 e. The van der Waals surface area contributed by atoms with Crippen LogP contribution in [-0.4, -0.2) is 59.7 Å². The van der Waals surface area contributed by atoms with Gasteiger partial charge in [0.1, 0.15) is 6.04 Å². The number of carbonyl (C=O) groups is 3. The van der Waals surface area contributed by atoms with E-state index in [9.17, 15) is 14.4 Å². The lowest BCUT2D eigenvalue weighted by Crippen LogP contribution is -2.56. The monoisotopic (exact) mass is 481 g/mol. The van der Waals surface area contributed by atoms with Crippen molar-refractivity contribution >= 4 is 17.7 Å². The molecule has 1 heterocycles. The Balaban J connectivity index is 1.28. The summed E-state index contributed by atoms with van der Waals surface area (Å²) in [4.78, 5) is 42.7. The molecule has 2 aliphatic carbocycles. The molecule has 0 spiro atoms. The third-order valence-corrected chi connectivity index (χ3v) is 8.36. The maximum Gasteiger partial charge on any atom is 0.245 e. The Morgan fingerprint density at radius 1 is 0.771 bits per heavy atom. The maximum absolute atomic E-state index is 13.5. The number of amides is 3. The van der Waals surface area contributed by atoms with Crippen LogP contribution in [0.5, 0.6) is 0 Å². The van der Waals surface area contributed by atoms with E-state index in [-0.39, 0.29) is 17.7 Å². The van der Waals surface area contributed by atoms with Gasteiger partial charge in [-0.15, -0.1) is 0 Å². The average Bonchev–Trinajstić information content (AvgIpc) is 3.60. The number of hydrogen-bond acceptors (Lipinski definition) is 3. The molecule has 6 nitrogen and oxygen atoms in total. The molecule has 3 aliphatic rings. The van der Waals surface area contributed by atoms with Gasteiger partial charge in [0.15, 0.2) is 0 Å². The van der Waals surface area contributed by atoms with Crippen molar-refractivity contribution in [1.82, 2.24) is 15.1 Å². The molecule has 1 aliphatic heterocycles. The van der Waals surface area contributed by atoms with E-state index in [1.54, 1.807) is 0 Å². The SMILES string of the molecule is O=C(CCC1CCCC1)NC(Cc1ccccc1)C(=O)N1CCN(C(=O)CCC2CCCC2)CC1. The number of benzene rings is 1. The van der Waals surface area contributed by atoms with Gasteiger partial charge in [-0.25, -0.2) is 0 Å². The molecule has 1 atom stereocenters. The lowest BCUT2D eigenvalue weighted by atomic mass is 10.0. The van der Waals surface area contributed by atoms with Crippen LogP contribution in [-0.2, 0) is 20.8 Å². The van der Waals surface area contributed by atoms with Crippen LogP contribution < -0.4 is 5.32 Å². The highest BCUT2D eigenvalue weighted by atomic mass is 16.2. The van der Waals surface area contributed by atoms with Gasteiger partial charge in [-0.1, -0.05) is 81.7 Å². The molecule has 4 rings (SSSR count). The number of hydrogen-bond donors (Lipinski definition) is 1. The van der Waals surface area contributed by atoms with Crippen molar-refractivity contribution in [3.8, 4) is 0 Å². The molecule has 0 radical (unpaired) electrons. The first kappa shape index (κ1) is 25.7. The number of rotatable bonds is 10. The van der Waals surface area contributed by atoms with Gasteiger partial charge in [-0.05, 0) is 30.2 Å². The summed E-state index contributed by atoms with van der Waals surface area (Å²) in [5, 5.41) is 3.06. The van der Waals surface area contributed by atoms with Gasteiger partial charge < -0.3 is 15.1 Å². The Bertz CT molecular complexity index is 823. The van der Waals surface area contributed by atoms with Crippen molar-refractivity contribution in [2.75, 3.05) is 26.2 Å². The number of carbonyl (C=O) groups excluding carboxylic acids is 3. The number of piperazine rings is 1. The Morgan fingerprint density at radius 2 is 1.31 bits per heavy atom. The van der Waals surface area contributed by atoms with Crippen molar-refractivity contribution in [3.05, 3.63) is 35.9 Å². The van der Waals surface area contributed by atoms with Crippen LogP contribution in [0.3, 0.4) is 0 Å². The van der Waals surface area contributed by atoms with Gasteiger partial charge in [0, 0.05) is 45.4 Å². The number of nitrogens with one attached hydrogen (secondary N) is 1. The molecule has 1 saturated heterocycles. The van der Waals surface area contributed by atoms with Gasteiger partial charge in [0.2, 0.25) is 17.7 Å². The van der Waals surface area contributed by atoms with Crippen molar-refractivity contribution < 1.29 is 14.4 Å². The van der Waals surface area contributed by atoms with E-state index in [2.05, 4.69) is 5.32 Å². The van der Waals surface area contributed by atoms with Crippen LogP contribution in [0.25, 0.3) is 0 Å². The predicted molar refractivity (Wildman–Crippen MR) is 138 cm³/mol. The summed E-state index contributed by atoms with van der Waals surface area (Å²) in [6.45, 7) is 2.25. The van der Waals surface area contributed by atoms with Crippen LogP contribution in [0.2, 0.25) is 0 Å². The Morgan fingerprint density at radius 3 is 1.91 bits per heavy atom. The van der Waals surface area contributed by atoms with Gasteiger partial charge in [-0.3, -0.25) is 14.4 Å². The van der Waals surface area contributed by atoms with E-state index in [1.807, 2.05) is 40.1 Å². The quantitative estimate of drug-likeness (QED) is 0.541. The van der Waals surface area contributed by atoms with Gasteiger partial charge in [0.25, 0.3) is 0 Å². The summed E-state index contributed by atoms with van der Waals surface area (Å²) in [7, 11) is 0. The lowest BCUT2D eigenvalue weighted by molar-refractivity contribution is -0.142. The standard InChI is InChI=1S/C29H43N3O3/c33-27(16-14-23-8-4-5-9-23)30-26(22-25-12-2-1-3-13-25)29(35)32-20-18-31(19-21-32)28(34)17-15-24-10-6-7-11-24/h1-3,12-13,23-24,26H,4-11,14-22H2,(H,30,33). The van der Waals surface area contributed by atoms with Gasteiger partial charge in [0.05, 0.1) is 0 Å². The molecule has 192 valence electrons. The third-order valence-electron chi connectivity index (χ3n) is 8.36. The van der Waals surface area contributed by atoms with E-state index < -0.39 is 6.04 Å². The lowest BCUT2D eigenvalue weighted by Gasteiger charge is -2.37. The third kappa shape index (κ3) is 7.81. The zero-order valence-electron chi connectivity index (χ0n) is 21.3. The van der Waals surface area contributed by atoms with Crippen molar-refractivity contribution in [2.45, 2.75) is 89.5 Å². The predicted octanol–water partition coefficient (Wildman–Crippen LogP) is 4.33. The first-order chi connectivity index (χ1) is 17.1. The number of nitrogens with zero attached hydrogens (tertiary/aromatic N) is 2. The maximum atomic E-state index is 13.5.